The van der Waals surface area contributed by atoms with Crippen LogP contribution in [-0.2, 0) is 6.54 Å². The fourth-order valence-corrected chi connectivity index (χ4v) is 1.20. The summed E-state index contributed by atoms with van der Waals surface area (Å²) in [5.74, 6) is 0.933. The van der Waals surface area contributed by atoms with Gasteiger partial charge in [0, 0.05) is 18.8 Å². The van der Waals surface area contributed by atoms with Crippen LogP contribution in [-0.4, -0.2) is 11.5 Å². The average molecular weight is 179 g/mol. The van der Waals surface area contributed by atoms with Crippen molar-refractivity contribution in [3.05, 3.63) is 23.4 Å². The Morgan fingerprint density at radius 3 is 2.85 bits per heavy atom. The van der Waals surface area contributed by atoms with Gasteiger partial charge in [0.2, 0.25) is 0 Å². The number of rotatable bonds is 4. The van der Waals surface area contributed by atoms with Crippen molar-refractivity contribution in [3.63, 3.8) is 0 Å². The minimum Gasteiger partial charge on any atom is -0.370 e. The molecule has 1 rings (SSSR count). The van der Waals surface area contributed by atoms with E-state index in [0.29, 0.717) is 6.54 Å². The van der Waals surface area contributed by atoms with Gasteiger partial charge in [0.25, 0.3) is 0 Å². The Labute approximate surface area is 79.4 Å². The normalized spacial score (nSPS) is 10.1. The molecule has 0 fully saturated rings. The van der Waals surface area contributed by atoms with Crippen molar-refractivity contribution >= 4 is 5.82 Å². The minimum atomic E-state index is 0.574. The average Bonchev–Trinajstić information content (AvgIpc) is 2.14. The molecule has 1 aromatic rings. The molecule has 1 heterocycles. The summed E-state index contributed by atoms with van der Waals surface area (Å²) in [5, 5.41) is 3.24. The van der Waals surface area contributed by atoms with E-state index in [1.54, 1.807) is 0 Å². The summed E-state index contributed by atoms with van der Waals surface area (Å²) in [7, 11) is 0. The maximum atomic E-state index is 5.56. The molecule has 0 saturated heterocycles. The Balaban J connectivity index is 2.76. The lowest BCUT2D eigenvalue weighted by Gasteiger charge is -2.06. The molecule has 3 heteroatoms. The first-order valence-corrected chi connectivity index (χ1v) is 4.67. The number of hydrogen-bond acceptors (Lipinski definition) is 3. The van der Waals surface area contributed by atoms with Gasteiger partial charge in [-0.25, -0.2) is 4.98 Å². The van der Waals surface area contributed by atoms with E-state index in [4.69, 9.17) is 5.73 Å². The van der Waals surface area contributed by atoms with Gasteiger partial charge >= 0.3 is 0 Å². The molecule has 72 valence electrons. The van der Waals surface area contributed by atoms with E-state index < -0.39 is 0 Å². The van der Waals surface area contributed by atoms with Crippen LogP contribution in [0.2, 0.25) is 0 Å². The lowest BCUT2D eigenvalue weighted by molar-refractivity contribution is 0.959. The molecular formula is C10H17N3. The molecular weight excluding hydrogens is 162 g/mol. The van der Waals surface area contributed by atoms with E-state index in [1.165, 1.54) is 0 Å². The summed E-state index contributed by atoms with van der Waals surface area (Å²) in [6.45, 7) is 5.65. The van der Waals surface area contributed by atoms with Crippen LogP contribution in [0.3, 0.4) is 0 Å². The van der Waals surface area contributed by atoms with E-state index in [-0.39, 0.29) is 0 Å². The van der Waals surface area contributed by atoms with Crippen molar-refractivity contribution in [2.24, 2.45) is 5.73 Å². The van der Waals surface area contributed by atoms with Crippen LogP contribution in [0.15, 0.2) is 12.1 Å². The number of nitrogens with zero attached hydrogens (tertiary/aromatic N) is 1. The first-order chi connectivity index (χ1) is 6.26. The molecule has 0 aliphatic rings. The van der Waals surface area contributed by atoms with E-state index in [9.17, 15) is 0 Å². The van der Waals surface area contributed by atoms with E-state index in [1.807, 2.05) is 19.1 Å². The van der Waals surface area contributed by atoms with Crippen LogP contribution < -0.4 is 11.1 Å². The first-order valence-electron chi connectivity index (χ1n) is 4.67. The third-order valence-corrected chi connectivity index (χ3v) is 1.81. The van der Waals surface area contributed by atoms with Crippen molar-refractivity contribution in [2.45, 2.75) is 26.8 Å². The SMILES string of the molecule is CCCNc1cc(CN)cc(C)n1. The summed E-state index contributed by atoms with van der Waals surface area (Å²) in [4.78, 5) is 4.35. The second-order valence-corrected chi connectivity index (χ2v) is 3.13. The highest BCUT2D eigenvalue weighted by atomic mass is 15.0. The maximum absolute atomic E-state index is 5.56. The lowest BCUT2D eigenvalue weighted by atomic mass is 10.2. The molecule has 1 aromatic heterocycles. The molecule has 13 heavy (non-hydrogen) atoms. The topological polar surface area (TPSA) is 50.9 Å². The van der Waals surface area contributed by atoms with Crippen LogP contribution in [0.25, 0.3) is 0 Å². The van der Waals surface area contributed by atoms with Gasteiger partial charge in [-0.3, -0.25) is 0 Å². The van der Waals surface area contributed by atoms with Gasteiger partial charge in [-0.2, -0.15) is 0 Å². The molecule has 0 aliphatic heterocycles. The molecule has 0 unspecified atom stereocenters. The minimum absolute atomic E-state index is 0.574. The van der Waals surface area contributed by atoms with Crippen molar-refractivity contribution in [1.29, 1.82) is 0 Å². The monoisotopic (exact) mass is 179 g/mol. The zero-order chi connectivity index (χ0) is 9.68. The van der Waals surface area contributed by atoms with Gasteiger partial charge in [-0.1, -0.05) is 6.92 Å². The van der Waals surface area contributed by atoms with Gasteiger partial charge in [0.1, 0.15) is 5.82 Å². The molecule has 3 N–H and O–H groups in total. The Morgan fingerprint density at radius 2 is 2.23 bits per heavy atom. The van der Waals surface area contributed by atoms with Gasteiger partial charge in [0.05, 0.1) is 0 Å². The Bertz CT molecular complexity index is 271. The molecule has 0 radical (unpaired) electrons. The molecule has 0 atom stereocenters. The van der Waals surface area contributed by atoms with Crippen LogP contribution >= 0.6 is 0 Å². The zero-order valence-electron chi connectivity index (χ0n) is 8.30. The van der Waals surface area contributed by atoms with Crippen LogP contribution in [0, 0.1) is 6.92 Å². The molecule has 3 nitrogen and oxygen atoms in total. The third-order valence-electron chi connectivity index (χ3n) is 1.81. The van der Waals surface area contributed by atoms with Crippen molar-refractivity contribution in [2.75, 3.05) is 11.9 Å². The second-order valence-electron chi connectivity index (χ2n) is 3.13. The largest absolute Gasteiger partial charge is 0.370 e. The number of hydrogen-bond donors (Lipinski definition) is 2. The summed E-state index contributed by atoms with van der Waals surface area (Å²) in [6, 6.07) is 4.01. The van der Waals surface area contributed by atoms with Gasteiger partial charge in [-0.15, -0.1) is 0 Å². The highest BCUT2D eigenvalue weighted by Crippen LogP contribution is 2.09. The Hall–Kier alpha value is -1.09. The number of nitrogens with two attached hydrogens (primary N) is 1. The van der Waals surface area contributed by atoms with E-state index in [2.05, 4.69) is 17.2 Å². The van der Waals surface area contributed by atoms with E-state index in [0.717, 1.165) is 30.0 Å². The van der Waals surface area contributed by atoms with E-state index >= 15 is 0 Å². The summed E-state index contributed by atoms with van der Waals surface area (Å²) in [6.07, 6.45) is 1.10. The summed E-state index contributed by atoms with van der Waals surface area (Å²) >= 11 is 0. The summed E-state index contributed by atoms with van der Waals surface area (Å²) < 4.78 is 0. The molecule has 0 aliphatic carbocycles. The fourth-order valence-electron chi connectivity index (χ4n) is 1.20. The zero-order valence-corrected chi connectivity index (χ0v) is 8.30. The van der Waals surface area contributed by atoms with Crippen molar-refractivity contribution in [3.8, 4) is 0 Å². The van der Waals surface area contributed by atoms with Gasteiger partial charge in [0.15, 0.2) is 0 Å². The van der Waals surface area contributed by atoms with Crippen LogP contribution in [0.1, 0.15) is 24.6 Å². The standard InChI is InChI=1S/C10H17N3/c1-3-4-12-10-6-9(7-11)5-8(2)13-10/h5-6H,3-4,7,11H2,1-2H3,(H,12,13). The second kappa shape index (κ2) is 4.82. The highest BCUT2D eigenvalue weighted by Gasteiger charge is 1.97. The maximum Gasteiger partial charge on any atom is 0.126 e. The summed E-state index contributed by atoms with van der Waals surface area (Å²) in [5.41, 5.74) is 7.71. The predicted molar refractivity (Wildman–Crippen MR) is 55.6 cm³/mol. The quantitative estimate of drug-likeness (QED) is 0.739. The van der Waals surface area contributed by atoms with Crippen molar-refractivity contribution in [1.82, 2.24) is 4.98 Å². The van der Waals surface area contributed by atoms with Crippen molar-refractivity contribution < 1.29 is 0 Å². The molecule has 0 bridgehead atoms. The number of nitrogens with one attached hydrogen (secondary N) is 1. The Kier molecular flexibility index (Phi) is 3.71. The number of anilines is 1. The molecule has 0 spiro atoms. The lowest BCUT2D eigenvalue weighted by Crippen LogP contribution is -2.05. The first kappa shape index (κ1) is 9.99. The number of aryl methyl sites for hydroxylation is 1. The van der Waals surface area contributed by atoms with Crippen LogP contribution in [0.5, 0.6) is 0 Å². The predicted octanol–water partition coefficient (Wildman–Crippen LogP) is 1.67. The molecule has 0 aromatic carbocycles. The highest BCUT2D eigenvalue weighted by molar-refractivity contribution is 5.39. The Morgan fingerprint density at radius 1 is 1.46 bits per heavy atom. The van der Waals surface area contributed by atoms with Gasteiger partial charge < -0.3 is 11.1 Å². The number of aromatic nitrogens is 1. The van der Waals surface area contributed by atoms with Crippen LogP contribution in [0.4, 0.5) is 5.82 Å². The van der Waals surface area contributed by atoms with Gasteiger partial charge in [-0.05, 0) is 31.0 Å². The molecule has 0 amide bonds. The third kappa shape index (κ3) is 3.03. The number of pyridine rings is 1. The smallest absolute Gasteiger partial charge is 0.126 e. The fraction of sp³-hybridized carbons (Fsp3) is 0.500. The molecule has 0 saturated carbocycles.